The van der Waals surface area contributed by atoms with Crippen molar-refractivity contribution in [3.63, 3.8) is 0 Å². The normalized spacial score (nSPS) is 12.1. The van der Waals surface area contributed by atoms with Crippen molar-refractivity contribution in [3.8, 4) is 0 Å². The van der Waals surface area contributed by atoms with Gasteiger partial charge in [-0.05, 0) is 48.0 Å². The summed E-state index contributed by atoms with van der Waals surface area (Å²) < 4.78 is 31.7. The van der Waals surface area contributed by atoms with Crippen LogP contribution in [0.3, 0.4) is 0 Å². The van der Waals surface area contributed by atoms with Gasteiger partial charge in [0.2, 0.25) is 10.0 Å². The van der Waals surface area contributed by atoms with Gasteiger partial charge in [0.25, 0.3) is 0 Å². The molecule has 0 amide bonds. The summed E-state index contributed by atoms with van der Waals surface area (Å²) in [4.78, 5) is 10.9. The lowest BCUT2D eigenvalue weighted by molar-refractivity contribution is 0.0695. The van der Waals surface area contributed by atoms with Crippen LogP contribution in [0.2, 0.25) is 0 Å². The predicted octanol–water partition coefficient (Wildman–Crippen LogP) is 2.19. The lowest BCUT2D eigenvalue weighted by Gasteiger charge is -2.19. The fraction of sp³-hybridized carbons (Fsp3) is 0.462. The van der Waals surface area contributed by atoms with Gasteiger partial charge >= 0.3 is 5.97 Å². The van der Waals surface area contributed by atoms with E-state index in [2.05, 4.69) is 15.9 Å². The fourth-order valence-corrected chi connectivity index (χ4v) is 3.64. The number of halogens is 1. The van der Waals surface area contributed by atoms with Crippen LogP contribution in [0.15, 0.2) is 27.6 Å². The Labute approximate surface area is 132 Å². The summed E-state index contributed by atoms with van der Waals surface area (Å²) in [5.41, 5.74) is -0.0800. The van der Waals surface area contributed by atoms with Gasteiger partial charge in [0, 0.05) is 18.1 Å². The van der Waals surface area contributed by atoms with Crippen molar-refractivity contribution in [1.29, 1.82) is 0 Å². The minimum absolute atomic E-state index is 0.0168. The lowest BCUT2D eigenvalue weighted by Crippen LogP contribution is -2.31. The molecule has 0 aliphatic carbocycles. The van der Waals surface area contributed by atoms with Crippen molar-refractivity contribution in [3.05, 3.63) is 28.2 Å². The van der Waals surface area contributed by atoms with Gasteiger partial charge in [-0.25, -0.2) is 13.2 Å². The number of hydrogen-bond acceptors (Lipinski definition) is 4. The standard InChI is InChI=1S/C13H18BrNO5S/c1-9(2)20-7-6-15(3)21(18,19)12-8-10(13(16)17)4-5-11(12)14/h4-5,8-9H,6-7H2,1-3H3,(H,16,17). The highest BCUT2D eigenvalue weighted by Crippen LogP contribution is 2.25. The molecule has 8 heteroatoms. The summed E-state index contributed by atoms with van der Waals surface area (Å²) in [7, 11) is -2.35. The molecule has 6 nitrogen and oxygen atoms in total. The summed E-state index contributed by atoms with van der Waals surface area (Å²) in [6.45, 7) is 4.18. The van der Waals surface area contributed by atoms with Crippen molar-refractivity contribution in [2.45, 2.75) is 24.8 Å². The maximum absolute atomic E-state index is 12.5. The van der Waals surface area contributed by atoms with E-state index in [1.165, 1.54) is 19.2 Å². The summed E-state index contributed by atoms with van der Waals surface area (Å²) >= 11 is 3.15. The molecule has 0 heterocycles. The topological polar surface area (TPSA) is 83.9 Å². The zero-order chi connectivity index (χ0) is 16.2. The van der Waals surface area contributed by atoms with E-state index in [4.69, 9.17) is 9.84 Å². The monoisotopic (exact) mass is 379 g/mol. The molecule has 1 rings (SSSR count). The average Bonchev–Trinajstić information content (AvgIpc) is 2.37. The number of carboxylic acids is 1. The first kappa shape index (κ1) is 18.1. The first-order valence-electron chi connectivity index (χ1n) is 6.27. The molecule has 21 heavy (non-hydrogen) atoms. The third kappa shape index (κ3) is 4.77. The van der Waals surface area contributed by atoms with Crippen LogP contribution in [0.1, 0.15) is 24.2 Å². The number of rotatable bonds is 7. The van der Waals surface area contributed by atoms with Gasteiger partial charge in [0.1, 0.15) is 0 Å². The van der Waals surface area contributed by atoms with Crippen LogP contribution in [0, 0.1) is 0 Å². The van der Waals surface area contributed by atoms with Crippen molar-refractivity contribution >= 4 is 31.9 Å². The molecule has 0 bridgehead atoms. The molecule has 0 aromatic heterocycles. The molecule has 0 saturated carbocycles. The molecule has 0 atom stereocenters. The quantitative estimate of drug-likeness (QED) is 0.784. The van der Waals surface area contributed by atoms with Gasteiger partial charge in [-0.3, -0.25) is 0 Å². The summed E-state index contributed by atoms with van der Waals surface area (Å²) in [6.07, 6.45) is 0.0168. The number of sulfonamides is 1. The Morgan fingerprint density at radius 2 is 2.05 bits per heavy atom. The van der Waals surface area contributed by atoms with Crippen molar-refractivity contribution in [1.82, 2.24) is 4.31 Å². The molecule has 0 fully saturated rings. The van der Waals surface area contributed by atoms with Crippen LogP contribution < -0.4 is 0 Å². The Balaban J connectivity index is 3.01. The Morgan fingerprint density at radius 3 is 2.57 bits per heavy atom. The van der Waals surface area contributed by atoms with Crippen molar-refractivity contribution in [2.24, 2.45) is 0 Å². The van der Waals surface area contributed by atoms with Gasteiger partial charge in [0.15, 0.2) is 0 Å². The summed E-state index contributed by atoms with van der Waals surface area (Å²) in [5.74, 6) is -1.18. The number of carboxylic acid groups (broad SMARTS) is 1. The first-order valence-corrected chi connectivity index (χ1v) is 8.50. The maximum Gasteiger partial charge on any atom is 0.335 e. The Bertz CT molecular complexity index is 615. The van der Waals surface area contributed by atoms with Crippen LogP contribution in [0.4, 0.5) is 0 Å². The van der Waals surface area contributed by atoms with Crippen LogP contribution in [0.5, 0.6) is 0 Å². The SMILES string of the molecule is CC(C)OCCN(C)S(=O)(=O)c1cc(C(=O)O)ccc1Br. The Kier molecular flexibility index (Phi) is 6.33. The van der Waals surface area contributed by atoms with E-state index in [-0.39, 0.29) is 29.7 Å². The lowest BCUT2D eigenvalue weighted by atomic mass is 10.2. The number of benzene rings is 1. The molecule has 0 radical (unpaired) electrons. The molecule has 0 unspecified atom stereocenters. The van der Waals surface area contributed by atoms with Crippen LogP contribution in [-0.2, 0) is 14.8 Å². The highest BCUT2D eigenvalue weighted by Gasteiger charge is 2.24. The smallest absolute Gasteiger partial charge is 0.335 e. The van der Waals surface area contributed by atoms with Gasteiger partial charge in [-0.1, -0.05) is 0 Å². The maximum atomic E-state index is 12.5. The molecule has 1 aromatic rings. The molecular formula is C13H18BrNO5S. The van der Waals surface area contributed by atoms with Crippen molar-refractivity contribution in [2.75, 3.05) is 20.2 Å². The molecule has 0 saturated heterocycles. The van der Waals surface area contributed by atoms with E-state index < -0.39 is 16.0 Å². The molecular weight excluding hydrogens is 362 g/mol. The molecule has 0 spiro atoms. The van der Waals surface area contributed by atoms with Crippen LogP contribution >= 0.6 is 15.9 Å². The third-order valence-corrected chi connectivity index (χ3v) is 5.57. The number of carbonyl (C=O) groups is 1. The minimum Gasteiger partial charge on any atom is -0.478 e. The first-order chi connectivity index (χ1) is 9.66. The molecule has 1 aromatic carbocycles. The molecule has 0 aliphatic heterocycles. The van der Waals surface area contributed by atoms with Crippen molar-refractivity contribution < 1.29 is 23.1 Å². The number of ether oxygens (including phenoxy) is 1. The molecule has 1 N–H and O–H groups in total. The predicted molar refractivity (Wildman–Crippen MR) is 82.0 cm³/mol. The Morgan fingerprint density at radius 1 is 1.43 bits per heavy atom. The minimum atomic E-state index is -3.78. The van der Waals surface area contributed by atoms with E-state index in [9.17, 15) is 13.2 Å². The van der Waals surface area contributed by atoms with Gasteiger partial charge in [-0.2, -0.15) is 4.31 Å². The van der Waals surface area contributed by atoms with Gasteiger partial charge in [0.05, 0.1) is 23.2 Å². The number of aromatic carboxylic acids is 1. The second-order valence-electron chi connectivity index (χ2n) is 4.70. The van der Waals surface area contributed by atoms with E-state index in [1.807, 2.05) is 13.8 Å². The molecule has 118 valence electrons. The van der Waals surface area contributed by atoms with Crippen LogP contribution in [0.25, 0.3) is 0 Å². The zero-order valence-electron chi connectivity index (χ0n) is 12.0. The molecule has 0 aliphatic rings. The summed E-state index contributed by atoms with van der Waals surface area (Å²) in [5, 5.41) is 8.96. The van der Waals surface area contributed by atoms with E-state index in [1.54, 1.807) is 0 Å². The van der Waals surface area contributed by atoms with E-state index in [0.29, 0.717) is 4.47 Å². The third-order valence-electron chi connectivity index (χ3n) is 2.72. The van der Waals surface area contributed by atoms with Crippen LogP contribution in [-0.4, -0.2) is 50.1 Å². The highest BCUT2D eigenvalue weighted by atomic mass is 79.9. The van der Waals surface area contributed by atoms with Gasteiger partial charge < -0.3 is 9.84 Å². The average molecular weight is 380 g/mol. The van der Waals surface area contributed by atoms with E-state index >= 15 is 0 Å². The zero-order valence-corrected chi connectivity index (χ0v) is 14.4. The number of hydrogen-bond donors (Lipinski definition) is 1. The number of likely N-dealkylation sites (N-methyl/N-ethyl adjacent to an activating group) is 1. The number of nitrogens with zero attached hydrogens (tertiary/aromatic N) is 1. The highest BCUT2D eigenvalue weighted by molar-refractivity contribution is 9.10. The fourth-order valence-electron chi connectivity index (χ4n) is 1.54. The second-order valence-corrected chi connectivity index (χ2v) is 7.56. The van der Waals surface area contributed by atoms with Gasteiger partial charge in [-0.15, -0.1) is 0 Å². The van der Waals surface area contributed by atoms with E-state index in [0.717, 1.165) is 10.4 Å². The largest absolute Gasteiger partial charge is 0.478 e. The Hall–Kier alpha value is -0.960. The second kappa shape index (κ2) is 7.35. The summed E-state index contributed by atoms with van der Waals surface area (Å²) in [6, 6.07) is 3.89.